The van der Waals surface area contributed by atoms with Gasteiger partial charge in [-0.3, -0.25) is 13.5 Å². The van der Waals surface area contributed by atoms with Gasteiger partial charge < -0.3 is 5.32 Å². The lowest BCUT2D eigenvalue weighted by Crippen LogP contribution is -2.24. The van der Waals surface area contributed by atoms with Gasteiger partial charge in [0.05, 0.1) is 18.0 Å². The molecule has 1 saturated heterocycles. The molecule has 1 fully saturated rings. The molecule has 1 N–H and O–H groups in total. The molecule has 1 aliphatic rings. The Bertz CT molecular complexity index is 1590. The molecular formula is C25H23N5O4S. The number of carbonyl (C=O) groups is 1. The van der Waals surface area contributed by atoms with Crippen LogP contribution in [0.1, 0.15) is 17.5 Å². The molecule has 1 amide bonds. The highest BCUT2D eigenvalue weighted by atomic mass is 32.2. The maximum Gasteiger partial charge on any atom is 0.350 e. The molecule has 178 valence electrons. The van der Waals surface area contributed by atoms with Crippen molar-refractivity contribution >= 4 is 39.0 Å². The number of hydrogen-bond donors (Lipinski definition) is 1. The summed E-state index contributed by atoms with van der Waals surface area (Å²) in [7, 11) is -3.22. The minimum absolute atomic E-state index is 0.172. The van der Waals surface area contributed by atoms with Crippen LogP contribution in [0.5, 0.6) is 0 Å². The normalized spacial score (nSPS) is 15.1. The number of anilines is 2. The molecule has 0 radical (unpaired) electrons. The maximum absolute atomic E-state index is 12.5. The van der Waals surface area contributed by atoms with Gasteiger partial charge in [0, 0.05) is 24.5 Å². The van der Waals surface area contributed by atoms with E-state index in [1.165, 1.54) is 19.5 Å². The number of sulfonamides is 1. The Labute approximate surface area is 202 Å². The summed E-state index contributed by atoms with van der Waals surface area (Å²) in [4.78, 5) is 24.9. The van der Waals surface area contributed by atoms with Crippen molar-refractivity contribution in [2.24, 2.45) is 0 Å². The summed E-state index contributed by atoms with van der Waals surface area (Å²) < 4.78 is 28.4. The van der Waals surface area contributed by atoms with E-state index in [1.54, 1.807) is 66.9 Å². The van der Waals surface area contributed by atoms with Crippen LogP contribution >= 0.6 is 0 Å². The minimum atomic E-state index is -3.22. The first-order valence-corrected chi connectivity index (χ1v) is 12.7. The standard InChI is InChI=1S/C25H23N5O4S/c31-24(13-10-19-8-11-22(12-9-19)30-15-4-16-35(30,33)34)26-21-6-3-5-20(17-21)18-29-25(32)28-14-2-1-7-23(28)27-29/h1-3,5-14,17H,4,15-16,18H2,(H,26,31). The number of aromatic nitrogens is 3. The Morgan fingerprint density at radius 1 is 1.06 bits per heavy atom. The number of fused-ring (bicyclic) bond motifs is 1. The molecule has 2 aromatic heterocycles. The zero-order chi connectivity index (χ0) is 24.4. The molecule has 2 aromatic carbocycles. The van der Waals surface area contributed by atoms with Gasteiger partial charge in [-0.05, 0) is 60.0 Å². The van der Waals surface area contributed by atoms with Crippen LogP contribution in [-0.4, -0.2) is 40.8 Å². The van der Waals surface area contributed by atoms with Crippen LogP contribution in [0.2, 0.25) is 0 Å². The fourth-order valence-electron chi connectivity index (χ4n) is 4.03. The van der Waals surface area contributed by atoms with E-state index in [4.69, 9.17) is 0 Å². The third kappa shape index (κ3) is 4.87. The molecule has 0 spiro atoms. The van der Waals surface area contributed by atoms with Gasteiger partial charge in [-0.15, -0.1) is 5.10 Å². The number of carbonyl (C=O) groups excluding carboxylic acids is 1. The second kappa shape index (κ2) is 9.22. The lowest BCUT2D eigenvalue weighted by atomic mass is 10.2. The number of rotatable bonds is 6. The maximum atomic E-state index is 12.5. The number of benzene rings is 2. The summed E-state index contributed by atoms with van der Waals surface area (Å²) in [6.45, 7) is 0.768. The largest absolute Gasteiger partial charge is 0.350 e. The van der Waals surface area contributed by atoms with Gasteiger partial charge in [-0.2, -0.15) is 0 Å². The van der Waals surface area contributed by atoms with E-state index >= 15 is 0 Å². The Balaban J connectivity index is 1.23. The first-order valence-electron chi connectivity index (χ1n) is 11.1. The van der Waals surface area contributed by atoms with Crippen LogP contribution in [0.25, 0.3) is 11.7 Å². The zero-order valence-corrected chi connectivity index (χ0v) is 19.6. The van der Waals surface area contributed by atoms with Crippen molar-refractivity contribution < 1.29 is 13.2 Å². The highest BCUT2D eigenvalue weighted by Crippen LogP contribution is 2.24. The molecule has 3 heterocycles. The first-order chi connectivity index (χ1) is 16.9. The van der Waals surface area contributed by atoms with Crippen molar-refractivity contribution in [3.8, 4) is 0 Å². The van der Waals surface area contributed by atoms with E-state index in [-0.39, 0.29) is 23.9 Å². The molecular weight excluding hydrogens is 466 g/mol. The second-order valence-corrected chi connectivity index (χ2v) is 10.2. The molecule has 0 atom stereocenters. The molecule has 0 bridgehead atoms. The van der Waals surface area contributed by atoms with Gasteiger partial charge in [0.25, 0.3) is 0 Å². The van der Waals surface area contributed by atoms with E-state index in [0.717, 1.165) is 11.1 Å². The molecule has 5 rings (SSSR count). The zero-order valence-electron chi connectivity index (χ0n) is 18.7. The molecule has 0 aliphatic carbocycles. The predicted octanol–water partition coefficient (Wildman–Crippen LogP) is 2.74. The average Bonchev–Trinajstić information content (AvgIpc) is 3.36. The molecule has 35 heavy (non-hydrogen) atoms. The Morgan fingerprint density at radius 2 is 1.89 bits per heavy atom. The monoisotopic (exact) mass is 489 g/mol. The lowest BCUT2D eigenvalue weighted by molar-refractivity contribution is -0.111. The summed E-state index contributed by atoms with van der Waals surface area (Å²) >= 11 is 0. The Hall–Kier alpha value is -4.18. The van der Waals surface area contributed by atoms with Gasteiger partial charge in [0.15, 0.2) is 5.65 Å². The average molecular weight is 490 g/mol. The molecule has 1 aliphatic heterocycles. The Morgan fingerprint density at radius 3 is 2.63 bits per heavy atom. The molecule has 10 heteroatoms. The van der Waals surface area contributed by atoms with Crippen LogP contribution in [-0.2, 0) is 21.4 Å². The summed E-state index contributed by atoms with van der Waals surface area (Å²) in [6.07, 6.45) is 5.38. The van der Waals surface area contributed by atoms with E-state index < -0.39 is 10.0 Å². The van der Waals surface area contributed by atoms with E-state index in [9.17, 15) is 18.0 Å². The number of hydrogen-bond acceptors (Lipinski definition) is 5. The highest BCUT2D eigenvalue weighted by Gasteiger charge is 2.28. The summed E-state index contributed by atoms with van der Waals surface area (Å²) in [5.74, 6) is -0.135. The van der Waals surface area contributed by atoms with Crippen molar-refractivity contribution in [3.05, 3.63) is 101 Å². The lowest BCUT2D eigenvalue weighted by Gasteiger charge is -2.16. The van der Waals surface area contributed by atoms with Crippen LogP contribution < -0.4 is 15.3 Å². The molecule has 0 unspecified atom stereocenters. The van der Waals surface area contributed by atoms with Crippen molar-refractivity contribution in [1.29, 1.82) is 0 Å². The van der Waals surface area contributed by atoms with Crippen molar-refractivity contribution in [3.63, 3.8) is 0 Å². The van der Waals surface area contributed by atoms with Crippen LogP contribution in [0.4, 0.5) is 11.4 Å². The van der Waals surface area contributed by atoms with E-state index in [2.05, 4.69) is 10.4 Å². The van der Waals surface area contributed by atoms with E-state index in [1.807, 2.05) is 12.1 Å². The third-order valence-electron chi connectivity index (χ3n) is 5.72. The van der Waals surface area contributed by atoms with E-state index in [0.29, 0.717) is 30.0 Å². The summed E-state index contributed by atoms with van der Waals surface area (Å²) in [6, 6.07) is 19.6. The van der Waals surface area contributed by atoms with Crippen LogP contribution in [0, 0.1) is 0 Å². The fourth-order valence-corrected chi connectivity index (χ4v) is 5.59. The third-order valence-corrected chi connectivity index (χ3v) is 7.59. The molecule has 0 saturated carbocycles. The van der Waals surface area contributed by atoms with Crippen LogP contribution in [0.15, 0.2) is 83.8 Å². The summed E-state index contributed by atoms with van der Waals surface area (Å²) in [5, 5.41) is 7.15. The smallest absolute Gasteiger partial charge is 0.323 e. The topological polar surface area (TPSA) is 106 Å². The van der Waals surface area contributed by atoms with Gasteiger partial charge >= 0.3 is 5.69 Å². The van der Waals surface area contributed by atoms with Gasteiger partial charge in [-0.1, -0.05) is 30.3 Å². The Kier molecular flexibility index (Phi) is 5.96. The SMILES string of the molecule is O=C(C=Cc1ccc(N2CCCS2(=O)=O)cc1)Nc1cccc(Cn2nc3ccccn3c2=O)c1. The predicted molar refractivity (Wildman–Crippen MR) is 135 cm³/mol. The van der Waals surface area contributed by atoms with Gasteiger partial charge in [-0.25, -0.2) is 17.9 Å². The van der Waals surface area contributed by atoms with Gasteiger partial charge in [0.2, 0.25) is 15.9 Å². The quantitative estimate of drug-likeness (QED) is 0.419. The number of nitrogens with zero attached hydrogens (tertiary/aromatic N) is 4. The van der Waals surface area contributed by atoms with Gasteiger partial charge in [0.1, 0.15) is 0 Å². The number of amides is 1. The second-order valence-electron chi connectivity index (χ2n) is 8.23. The van der Waals surface area contributed by atoms with Crippen molar-refractivity contribution in [2.75, 3.05) is 21.9 Å². The highest BCUT2D eigenvalue weighted by molar-refractivity contribution is 7.93. The van der Waals surface area contributed by atoms with Crippen LogP contribution in [0.3, 0.4) is 0 Å². The summed E-state index contributed by atoms with van der Waals surface area (Å²) in [5.41, 5.74) is 3.17. The fraction of sp³-hybridized carbons (Fsp3) is 0.160. The first kappa shape index (κ1) is 22.6. The molecule has 9 nitrogen and oxygen atoms in total. The number of nitrogens with one attached hydrogen (secondary N) is 1. The van der Waals surface area contributed by atoms with Crippen molar-refractivity contribution in [1.82, 2.24) is 14.2 Å². The number of pyridine rings is 1. The minimum Gasteiger partial charge on any atom is -0.323 e. The molecule has 4 aromatic rings. The van der Waals surface area contributed by atoms with Crippen molar-refractivity contribution in [2.45, 2.75) is 13.0 Å².